The average molecular weight is 339 g/mol. The summed E-state index contributed by atoms with van der Waals surface area (Å²) in [6.45, 7) is 0.880. The van der Waals surface area contributed by atoms with Crippen molar-refractivity contribution in [1.29, 1.82) is 10.8 Å². The van der Waals surface area contributed by atoms with Crippen LogP contribution in [0.2, 0.25) is 0 Å². The van der Waals surface area contributed by atoms with E-state index in [-0.39, 0.29) is 17.6 Å². The lowest BCUT2D eigenvalue weighted by Gasteiger charge is -2.09. The minimum absolute atomic E-state index is 0.00879. The topological polar surface area (TPSA) is 138 Å². The lowest BCUT2D eigenvalue weighted by molar-refractivity contribution is 0.0951. The van der Waals surface area contributed by atoms with Crippen LogP contribution in [0.15, 0.2) is 48.5 Å². The van der Waals surface area contributed by atoms with E-state index >= 15 is 0 Å². The molecule has 25 heavy (non-hydrogen) atoms. The molecule has 130 valence electrons. The van der Waals surface area contributed by atoms with Gasteiger partial charge >= 0.3 is 0 Å². The predicted octanol–water partition coefficient (Wildman–Crippen LogP) is 1.45. The van der Waals surface area contributed by atoms with Crippen LogP contribution in [0.1, 0.15) is 27.9 Å². The van der Waals surface area contributed by atoms with Crippen LogP contribution in [0.5, 0.6) is 5.75 Å². The molecule has 0 aromatic heterocycles. The minimum atomic E-state index is -0.221. The summed E-state index contributed by atoms with van der Waals surface area (Å²) in [5, 5.41) is 17.6. The Morgan fingerprint density at radius 2 is 1.56 bits per heavy atom. The van der Waals surface area contributed by atoms with Gasteiger partial charge in [0.15, 0.2) is 0 Å². The number of hydrogen-bond acceptors (Lipinski definition) is 4. The normalized spacial score (nSPS) is 10.1. The van der Waals surface area contributed by atoms with Crippen LogP contribution in [0.4, 0.5) is 0 Å². The van der Waals surface area contributed by atoms with Crippen LogP contribution >= 0.6 is 0 Å². The van der Waals surface area contributed by atoms with Gasteiger partial charge < -0.3 is 21.5 Å². The molecular weight excluding hydrogens is 318 g/mol. The Kier molecular flexibility index (Phi) is 6.11. The van der Waals surface area contributed by atoms with E-state index in [9.17, 15) is 4.79 Å². The Morgan fingerprint density at radius 3 is 2.24 bits per heavy atom. The second kappa shape index (κ2) is 8.49. The van der Waals surface area contributed by atoms with Crippen molar-refractivity contribution in [1.82, 2.24) is 5.32 Å². The molecule has 0 unspecified atom stereocenters. The van der Waals surface area contributed by atoms with Gasteiger partial charge in [0.1, 0.15) is 17.4 Å². The number of amidine groups is 2. The molecule has 7 heteroatoms. The molecule has 0 aliphatic carbocycles. The summed E-state index contributed by atoms with van der Waals surface area (Å²) >= 11 is 0. The van der Waals surface area contributed by atoms with Crippen LogP contribution in [0, 0.1) is 10.8 Å². The summed E-state index contributed by atoms with van der Waals surface area (Å²) in [4.78, 5) is 12.1. The smallest absolute Gasteiger partial charge is 0.251 e. The first-order valence-corrected chi connectivity index (χ1v) is 7.77. The third-order valence-corrected chi connectivity index (χ3v) is 3.46. The van der Waals surface area contributed by atoms with Crippen LogP contribution in [-0.4, -0.2) is 30.7 Å². The van der Waals surface area contributed by atoms with Gasteiger partial charge in [-0.25, -0.2) is 0 Å². The lowest BCUT2D eigenvalue weighted by Crippen LogP contribution is -2.26. The van der Waals surface area contributed by atoms with Gasteiger partial charge in [0.05, 0.1) is 6.61 Å². The summed E-state index contributed by atoms with van der Waals surface area (Å²) in [6, 6.07) is 13.6. The summed E-state index contributed by atoms with van der Waals surface area (Å²) in [5.74, 6) is 0.330. The third-order valence-electron chi connectivity index (χ3n) is 3.46. The Bertz CT molecular complexity index is 789. The minimum Gasteiger partial charge on any atom is -0.494 e. The second-order valence-electron chi connectivity index (χ2n) is 5.39. The van der Waals surface area contributed by atoms with Crippen LogP contribution in [-0.2, 0) is 0 Å². The van der Waals surface area contributed by atoms with E-state index in [2.05, 4.69) is 5.32 Å². The molecule has 0 bridgehead atoms. The van der Waals surface area contributed by atoms with Crippen molar-refractivity contribution in [2.24, 2.45) is 11.5 Å². The van der Waals surface area contributed by atoms with E-state index in [0.717, 1.165) is 0 Å². The molecular formula is C18H21N5O2. The fourth-order valence-corrected chi connectivity index (χ4v) is 2.15. The van der Waals surface area contributed by atoms with Gasteiger partial charge in [-0.05, 0) is 30.7 Å². The lowest BCUT2D eigenvalue weighted by atomic mass is 10.1. The predicted molar refractivity (Wildman–Crippen MR) is 97.4 cm³/mol. The van der Waals surface area contributed by atoms with Gasteiger partial charge in [0.2, 0.25) is 0 Å². The molecule has 0 saturated heterocycles. The third kappa shape index (κ3) is 5.35. The summed E-state index contributed by atoms with van der Waals surface area (Å²) in [6.07, 6.45) is 0.627. The largest absolute Gasteiger partial charge is 0.494 e. The standard InChI is InChI=1S/C18H21N5O2/c19-16(20)12-4-1-6-14(10-12)18(24)23-8-3-9-25-15-7-2-5-13(11-15)17(21)22/h1-2,4-7,10-11H,3,8-9H2,(H3,19,20)(H3,21,22)(H,23,24). The molecule has 2 rings (SSSR count). The van der Waals surface area contributed by atoms with Crippen molar-refractivity contribution < 1.29 is 9.53 Å². The summed E-state index contributed by atoms with van der Waals surface area (Å²) < 4.78 is 5.59. The fourth-order valence-electron chi connectivity index (χ4n) is 2.15. The number of nitrogens with one attached hydrogen (secondary N) is 3. The van der Waals surface area contributed by atoms with E-state index in [1.165, 1.54) is 0 Å². The first-order chi connectivity index (χ1) is 12.0. The molecule has 1 amide bonds. The van der Waals surface area contributed by atoms with Crippen molar-refractivity contribution in [3.8, 4) is 5.75 Å². The van der Waals surface area contributed by atoms with Gasteiger partial charge in [-0.15, -0.1) is 0 Å². The SMILES string of the molecule is N=C(N)c1cccc(OCCCNC(=O)c2cccc(C(=N)N)c2)c1. The molecule has 0 aliphatic heterocycles. The summed E-state index contributed by atoms with van der Waals surface area (Å²) in [7, 11) is 0. The fraction of sp³-hybridized carbons (Fsp3) is 0.167. The van der Waals surface area contributed by atoms with E-state index in [1.807, 2.05) is 0 Å². The first-order valence-electron chi connectivity index (χ1n) is 7.77. The van der Waals surface area contributed by atoms with Gasteiger partial charge in [-0.3, -0.25) is 15.6 Å². The van der Waals surface area contributed by atoms with Gasteiger partial charge in [0.25, 0.3) is 5.91 Å². The highest BCUT2D eigenvalue weighted by Crippen LogP contribution is 2.13. The molecule has 0 aliphatic rings. The summed E-state index contributed by atoms with van der Waals surface area (Å²) in [5.41, 5.74) is 12.4. The van der Waals surface area contributed by atoms with Crippen LogP contribution in [0.25, 0.3) is 0 Å². The highest BCUT2D eigenvalue weighted by molar-refractivity contribution is 6.00. The number of hydrogen-bond donors (Lipinski definition) is 5. The molecule has 0 atom stereocenters. The van der Waals surface area contributed by atoms with Crippen molar-refractivity contribution >= 4 is 17.6 Å². The number of rotatable bonds is 8. The van der Waals surface area contributed by atoms with Crippen LogP contribution < -0.4 is 21.5 Å². The molecule has 0 saturated carbocycles. The number of amides is 1. The zero-order valence-corrected chi connectivity index (χ0v) is 13.7. The van der Waals surface area contributed by atoms with Crippen molar-refractivity contribution in [3.05, 3.63) is 65.2 Å². The van der Waals surface area contributed by atoms with Crippen molar-refractivity contribution in [2.45, 2.75) is 6.42 Å². The Labute approximate surface area is 146 Å². The maximum absolute atomic E-state index is 12.1. The maximum atomic E-state index is 12.1. The molecule has 7 N–H and O–H groups in total. The monoisotopic (exact) mass is 339 g/mol. The molecule has 7 nitrogen and oxygen atoms in total. The molecule has 0 radical (unpaired) electrons. The number of carbonyl (C=O) groups is 1. The van der Waals surface area contributed by atoms with E-state index in [1.54, 1.807) is 48.5 Å². The second-order valence-corrected chi connectivity index (χ2v) is 5.39. The molecule has 2 aromatic rings. The molecule has 0 heterocycles. The van der Waals surface area contributed by atoms with Crippen molar-refractivity contribution in [2.75, 3.05) is 13.2 Å². The number of ether oxygens (including phenoxy) is 1. The van der Waals surface area contributed by atoms with Gasteiger partial charge in [-0.1, -0.05) is 24.3 Å². The first kappa shape index (κ1) is 18.0. The Morgan fingerprint density at radius 1 is 0.960 bits per heavy atom. The number of benzene rings is 2. The zero-order valence-electron chi connectivity index (χ0n) is 13.7. The van der Waals surface area contributed by atoms with E-state index < -0.39 is 0 Å². The maximum Gasteiger partial charge on any atom is 0.251 e. The number of nitrogens with two attached hydrogens (primary N) is 2. The van der Waals surface area contributed by atoms with E-state index in [0.29, 0.717) is 42.0 Å². The Balaban J connectivity index is 1.77. The van der Waals surface area contributed by atoms with Crippen LogP contribution in [0.3, 0.4) is 0 Å². The molecule has 2 aromatic carbocycles. The zero-order chi connectivity index (χ0) is 18.2. The quantitative estimate of drug-likeness (QED) is 0.282. The van der Waals surface area contributed by atoms with E-state index in [4.69, 9.17) is 27.0 Å². The molecule has 0 spiro atoms. The Hall–Kier alpha value is -3.35. The van der Waals surface area contributed by atoms with Gasteiger partial charge in [-0.2, -0.15) is 0 Å². The van der Waals surface area contributed by atoms with Gasteiger partial charge in [0, 0.05) is 23.2 Å². The number of carbonyl (C=O) groups excluding carboxylic acids is 1. The molecule has 0 fully saturated rings. The highest BCUT2D eigenvalue weighted by Gasteiger charge is 2.07. The highest BCUT2D eigenvalue weighted by atomic mass is 16.5. The number of nitrogen functional groups attached to an aromatic ring is 2. The average Bonchev–Trinajstić information content (AvgIpc) is 2.61. The van der Waals surface area contributed by atoms with Crippen molar-refractivity contribution in [3.63, 3.8) is 0 Å².